The van der Waals surface area contributed by atoms with E-state index in [1.54, 1.807) is 25.3 Å². The predicted octanol–water partition coefficient (Wildman–Crippen LogP) is 5.64. The van der Waals surface area contributed by atoms with E-state index in [1.807, 2.05) is 39.6 Å². The summed E-state index contributed by atoms with van der Waals surface area (Å²) in [6, 6.07) is 2.41. The number of nitrogens with two attached hydrogens (primary N) is 1. The Morgan fingerprint density at radius 2 is 1.82 bits per heavy atom. The second kappa shape index (κ2) is 22.0. The van der Waals surface area contributed by atoms with Gasteiger partial charge in [-0.1, -0.05) is 72.8 Å². The van der Waals surface area contributed by atoms with Gasteiger partial charge in [-0.2, -0.15) is 0 Å². The Labute approximate surface area is 338 Å². The maximum absolute atomic E-state index is 14.7. The van der Waals surface area contributed by atoms with Crippen LogP contribution in [0.5, 0.6) is 0 Å². The lowest BCUT2D eigenvalue weighted by atomic mass is 9.84. The van der Waals surface area contributed by atoms with Crippen LogP contribution in [0.15, 0.2) is 29.3 Å². The van der Waals surface area contributed by atoms with Gasteiger partial charge in [0.05, 0.1) is 23.2 Å². The zero-order valence-corrected chi connectivity index (χ0v) is 35.7. The highest BCUT2D eigenvalue weighted by Gasteiger charge is 2.39. The lowest BCUT2D eigenvalue weighted by Gasteiger charge is -2.40. The lowest BCUT2D eigenvalue weighted by Crippen LogP contribution is -2.59. The molecule has 56 heavy (non-hydrogen) atoms. The van der Waals surface area contributed by atoms with E-state index >= 15 is 0 Å². The van der Waals surface area contributed by atoms with Crippen molar-refractivity contribution in [2.75, 3.05) is 25.9 Å². The first-order valence-electron chi connectivity index (χ1n) is 20.6. The number of rotatable bonds is 22. The number of hydrogen-bond donors (Lipinski definition) is 6. The van der Waals surface area contributed by atoms with Crippen LogP contribution in [0.2, 0.25) is 0 Å². The minimum atomic E-state index is -1.18. The van der Waals surface area contributed by atoms with Gasteiger partial charge in [-0.3, -0.25) is 24.1 Å². The fourth-order valence-electron chi connectivity index (χ4n) is 7.59. The van der Waals surface area contributed by atoms with Crippen molar-refractivity contribution >= 4 is 41.1 Å². The molecule has 7 N–H and O–H groups in total. The van der Waals surface area contributed by atoms with Crippen molar-refractivity contribution in [3.63, 3.8) is 0 Å². The molecule has 3 amide bonds. The highest BCUT2D eigenvalue weighted by Crippen LogP contribution is 2.30. The summed E-state index contributed by atoms with van der Waals surface area (Å²) in [6.45, 7) is 14.7. The first kappa shape index (κ1) is 47.0. The maximum atomic E-state index is 14.7. The third kappa shape index (κ3) is 13.4. The minimum absolute atomic E-state index is 0.00406. The van der Waals surface area contributed by atoms with Gasteiger partial charge < -0.3 is 36.8 Å². The molecule has 2 heterocycles. The van der Waals surface area contributed by atoms with E-state index in [1.165, 1.54) is 23.9 Å². The molecule has 0 aliphatic carbocycles. The third-order valence-corrected chi connectivity index (χ3v) is 12.6. The maximum Gasteiger partial charge on any atom is 0.309 e. The standard InChI is InChI=1S/C42H69FN6O6S/c1-9-11-12-14-20-49(40(53)36(27(5)10-2)47-38(52)33-16-13-15-19-48(33)8)34(26(3)4)23-35(50)39-46-32(25-56-39)37(51)45-29(24-42(6,7)41(54)55)21-28-17-18-31(44)30(43)22-28/h17-18,22,25-27,29,33-36,39,46,50H,9-16,19-21,23-24,44H2,1-8H3,(H,45,51)(H,47,52)(H,54,55)/t27-,29-,33+,34+,35+,36-,39?/m0/s1. The number of carboxylic acids is 1. The second-order valence-corrected chi connectivity index (χ2v) is 17.9. The molecular weight excluding hydrogens is 736 g/mol. The number of benzene rings is 1. The Morgan fingerprint density at radius 1 is 1.11 bits per heavy atom. The molecular formula is C42H69FN6O6S. The number of aliphatic hydroxyl groups is 1. The van der Waals surface area contributed by atoms with Crippen molar-refractivity contribution in [3.05, 3.63) is 40.7 Å². The van der Waals surface area contributed by atoms with E-state index in [4.69, 9.17) is 5.73 Å². The third-order valence-electron chi connectivity index (χ3n) is 11.5. The number of carbonyl (C=O) groups excluding carboxylic acids is 3. The smallest absolute Gasteiger partial charge is 0.309 e. The Balaban J connectivity index is 1.77. The number of aliphatic hydroxyl groups excluding tert-OH is 1. The fraction of sp³-hybridized carbons (Fsp3) is 0.714. The number of carbonyl (C=O) groups is 4. The highest BCUT2D eigenvalue weighted by molar-refractivity contribution is 8.03. The van der Waals surface area contributed by atoms with Crippen LogP contribution >= 0.6 is 11.8 Å². The van der Waals surface area contributed by atoms with E-state index in [-0.39, 0.29) is 66.4 Å². The molecule has 12 nitrogen and oxygen atoms in total. The first-order chi connectivity index (χ1) is 26.4. The molecule has 0 radical (unpaired) electrons. The molecule has 1 unspecified atom stereocenters. The molecule has 3 rings (SSSR count). The average Bonchev–Trinajstić information content (AvgIpc) is 3.65. The van der Waals surface area contributed by atoms with Crippen molar-refractivity contribution in [1.29, 1.82) is 0 Å². The molecule has 1 fully saturated rings. The van der Waals surface area contributed by atoms with Crippen LogP contribution in [0.25, 0.3) is 0 Å². The van der Waals surface area contributed by atoms with Gasteiger partial charge in [0.15, 0.2) is 0 Å². The van der Waals surface area contributed by atoms with Crippen LogP contribution in [-0.4, -0.2) is 99.5 Å². The molecule has 1 saturated heterocycles. The molecule has 2 aliphatic rings. The van der Waals surface area contributed by atoms with Gasteiger partial charge in [0.2, 0.25) is 11.8 Å². The number of halogens is 1. The quantitative estimate of drug-likeness (QED) is 0.0636. The van der Waals surface area contributed by atoms with Crippen molar-refractivity contribution < 1.29 is 33.8 Å². The average molecular weight is 805 g/mol. The Kier molecular flexibility index (Phi) is 18.4. The number of thioether (sulfide) groups is 1. The normalized spacial score (nSPS) is 20.3. The summed E-state index contributed by atoms with van der Waals surface area (Å²) in [4.78, 5) is 57.9. The predicted molar refractivity (Wildman–Crippen MR) is 222 cm³/mol. The van der Waals surface area contributed by atoms with E-state index in [0.29, 0.717) is 18.5 Å². The van der Waals surface area contributed by atoms with Crippen molar-refractivity contribution in [1.82, 2.24) is 25.8 Å². The SMILES string of the molecule is CCCCCCN(C(=O)[C@@H](NC(=O)[C@H]1CCCCN1C)[C@@H](C)CC)[C@H](C[C@@H](O)C1NC(C(=O)N[C@@H](Cc2ccc(N)c(F)c2)CC(C)(C)C(=O)O)=CS1)C(C)C. The van der Waals surface area contributed by atoms with E-state index in [9.17, 15) is 33.8 Å². The summed E-state index contributed by atoms with van der Waals surface area (Å²) >= 11 is 1.27. The number of aliphatic carboxylic acids is 1. The summed E-state index contributed by atoms with van der Waals surface area (Å²) in [6.07, 6.45) is 6.90. The van der Waals surface area contributed by atoms with Crippen LogP contribution < -0.4 is 21.7 Å². The zero-order valence-electron chi connectivity index (χ0n) is 34.9. The summed E-state index contributed by atoms with van der Waals surface area (Å²) < 4.78 is 14.3. The fourth-order valence-corrected chi connectivity index (χ4v) is 8.53. The Morgan fingerprint density at radius 3 is 2.43 bits per heavy atom. The summed E-state index contributed by atoms with van der Waals surface area (Å²) in [7, 11) is 1.96. The number of amides is 3. The van der Waals surface area contributed by atoms with Crippen molar-refractivity contribution in [3.8, 4) is 0 Å². The molecule has 1 aromatic rings. The monoisotopic (exact) mass is 804 g/mol. The van der Waals surface area contributed by atoms with Gasteiger partial charge in [-0.05, 0) is 95.5 Å². The number of unbranched alkanes of at least 4 members (excludes halogenated alkanes) is 3. The number of piperidine rings is 1. The van der Waals surface area contributed by atoms with Gasteiger partial charge in [0, 0.05) is 24.0 Å². The van der Waals surface area contributed by atoms with Gasteiger partial charge in [0.25, 0.3) is 5.91 Å². The molecule has 0 aromatic heterocycles. The van der Waals surface area contributed by atoms with Crippen LogP contribution in [-0.2, 0) is 25.6 Å². The molecule has 0 spiro atoms. The van der Waals surface area contributed by atoms with Crippen LogP contribution in [0.3, 0.4) is 0 Å². The molecule has 0 saturated carbocycles. The van der Waals surface area contributed by atoms with E-state index in [2.05, 4.69) is 27.8 Å². The topological polar surface area (TPSA) is 177 Å². The number of nitrogen functional groups attached to an aromatic ring is 1. The minimum Gasteiger partial charge on any atom is -0.481 e. The van der Waals surface area contributed by atoms with Gasteiger partial charge >= 0.3 is 5.97 Å². The Hall–Kier alpha value is -3.36. The summed E-state index contributed by atoms with van der Waals surface area (Å²) in [5, 5.41) is 31.8. The zero-order chi connectivity index (χ0) is 41.7. The molecule has 7 atom stereocenters. The van der Waals surface area contributed by atoms with Crippen LogP contribution in [0.4, 0.5) is 10.1 Å². The number of likely N-dealkylation sites (tertiary alicyclic amines) is 1. The number of anilines is 1. The Bertz CT molecular complexity index is 1510. The summed E-state index contributed by atoms with van der Waals surface area (Å²) in [5.74, 6) is -2.45. The summed E-state index contributed by atoms with van der Waals surface area (Å²) in [5.41, 5.74) is 5.26. The molecule has 2 aliphatic heterocycles. The number of nitrogens with zero attached hydrogens (tertiary/aromatic N) is 2. The van der Waals surface area contributed by atoms with Crippen LogP contribution in [0, 0.1) is 23.1 Å². The molecule has 316 valence electrons. The molecule has 0 bridgehead atoms. The van der Waals surface area contributed by atoms with Gasteiger partial charge in [0.1, 0.15) is 22.9 Å². The number of likely N-dealkylation sites (N-methyl/N-ethyl adjacent to an activating group) is 1. The first-order valence-corrected chi connectivity index (χ1v) is 21.5. The highest BCUT2D eigenvalue weighted by atomic mass is 32.2. The van der Waals surface area contributed by atoms with E-state index in [0.717, 1.165) is 51.5 Å². The van der Waals surface area contributed by atoms with E-state index < -0.39 is 46.7 Å². The van der Waals surface area contributed by atoms with Gasteiger partial charge in [-0.15, -0.1) is 11.8 Å². The van der Waals surface area contributed by atoms with Crippen molar-refractivity contribution in [2.24, 2.45) is 17.3 Å². The number of hydrogen-bond acceptors (Lipinski definition) is 9. The lowest BCUT2D eigenvalue weighted by molar-refractivity contribution is -0.148. The number of carboxylic acid groups (broad SMARTS) is 1. The van der Waals surface area contributed by atoms with Crippen molar-refractivity contribution in [2.45, 2.75) is 155 Å². The molecule has 14 heteroatoms. The van der Waals surface area contributed by atoms with Gasteiger partial charge in [-0.25, -0.2) is 4.39 Å². The molecule has 1 aromatic carbocycles. The number of nitrogens with one attached hydrogen (secondary N) is 3. The second-order valence-electron chi connectivity index (χ2n) is 16.9. The largest absolute Gasteiger partial charge is 0.481 e. The van der Waals surface area contributed by atoms with Crippen LogP contribution in [0.1, 0.15) is 118 Å².